The fourth-order valence-electron chi connectivity index (χ4n) is 1.03. The second kappa shape index (κ2) is 5.11. The molecular weight excluding hydrogens is 180 g/mol. The van der Waals surface area contributed by atoms with Crippen LogP contribution < -0.4 is 11.1 Å². The Kier molecular flexibility index (Phi) is 3.79. The SMILES string of the molecule is CCNC(=O)OCc1cccc(N)c1. The largest absolute Gasteiger partial charge is 0.445 e. The topological polar surface area (TPSA) is 64.3 Å². The molecule has 1 aromatic carbocycles. The van der Waals surface area contributed by atoms with E-state index in [0.717, 1.165) is 5.56 Å². The van der Waals surface area contributed by atoms with Crippen LogP contribution in [0.2, 0.25) is 0 Å². The maximum absolute atomic E-state index is 10.9. The zero-order chi connectivity index (χ0) is 10.4. The van der Waals surface area contributed by atoms with Crippen LogP contribution in [0.5, 0.6) is 0 Å². The molecular formula is C10H14N2O2. The smallest absolute Gasteiger partial charge is 0.407 e. The van der Waals surface area contributed by atoms with Crippen LogP contribution in [0.25, 0.3) is 0 Å². The second-order valence-electron chi connectivity index (χ2n) is 2.85. The van der Waals surface area contributed by atoms with Crippen molar-refractivity contribution in [2.75, 3.05) is 12.3 Å². The second-order valence-corrected chi connectivity index (χ2v) is 2.85. The number of hydrogen-bond donors (Lipinski definition) is 2. The Balaban J connectivity index is 2.41. The minimum Gasteiger partial charge on any atom is -0.445 e. The lowest BCUT2D eigenvalue weighted by Gasteiger charge is -2.05. The molecule has 0 atom stereocenters. The van der Waals surface area contributed by atoms with Gasteiger partial charge in [0, 0.05) is 12.2 Å². The number of benzene rings is 1. The first-order valence-corrected chi connectivity index (χ1v) is 4.47. The molecule has 0 bridgehead atoms. The van der Waals surface area contributed by atoms with Crippen LogP contribution in [0.15, 0.2) is 24.3 Å². The van der Waals surface area contributed by atoms with Crippen molar-refractivity contribution in [3.05, 3.63) is 29.8 Å². The Morgan fingerprint density at radius 1 is 1.57 bits per heavy atom. The standard InChI is InChI=1S/C10H14N2O2/c1-2-12-10(13)14-7-8-4-3-5-9(11)6-8/h3-6H,2,7,11H2,1H3,(H,12,13). The number of ether oxygens (including phenoxy) is 1. The first-order valence-electron chi connectivity index (χ1n) is 4.47. The third kappa shape index (κ3) is 3.35. The summed E-state index contributed by atoms with van der Waals surface area (Å²) in [7, 11) is 0. The van der Waals surface area contributed by atoms with Gasteiger partial charge in [-0.2, -0.15) is 0 Å². The molecule has 0 aliphatic heterocycles. The van der Waals surface area contributed by atoms with Crippen LogP contribution in [0.1, 0.15) is 12.5 Å². The Labute approximate surface area is 83.1 Å². The molecule has 0 heterocycles. The number of alkyl carbamates (subject to hydrolysis) is 1. The van der Waals surface area contributed by atoms with E-state index in [1.165, 1.54) is 0 Å². The van der Waals surface area contributed by atoms with Gasteiger partial charge in [0.25, 0.3) is 0 Å². The average Bonchev–Trinajstić information content (AvgIpc) is 2.15. The molecule has 0 radical (unpaired) electrons. The number of nitrogen functional groups attached to an aromatic ring is 1. The molecule has 0 saturated heterocycles. The van der Waals surface area contributed by atoms with Crippen molar-refractivity contribution >= 4 is 11.8 Å². The van der Waals surface area contributed by atoms with E-state index in [1.54, 1.807) is 12.1 Å². The summed E-state index contributed by atoms with van der Waals surface area (Å²) in [6.45, 7) is 2.65. The van der Waals surface area contributed by atoms with Crippen LogP contribution in [-0.2, 0) is 11.3 Å². The maximum Gasteiger partial charge on any atom is 0.407 e. The van der Waals surface area contributed by atoms with Gasteiger partial charge in [0.05, 0.1) is 0 Å². The van der Waals surface area contributed by atoms with Gasteiger partial charge in [0.15, 0.2) is 0 Å². The van der Waals surface area contributed by atoms with Crippen molar-refractivity contribution < 1.29 is 9.53 Å². The van der Waals surface area contributed by atoms with Crippen molar-refractivity contribution in [2.45, 2.75) is 13.5 Å². The van der Waals surface area contributed by atoms with E-state index in [0.29, 0.717) is 12.2 Å². The summed E-state index contributed by atoms with van der Waals surface area (Å²) in [5, 5.41) is 2.54. The number of hydrogen-bond acceptors (Lipinski definition) is 3. The number of rotatable bonds is 3. The molecule has 0 unspecified atom stereocenters. The normalized spacial score (nSPS) is 9.50. The molecule has 0 spiro atoms. The summed E-state index contributed by atoms with van der Waals surface area (Å²) < 4.78 is 4.92. The molecule has 0 aliphatic carbocycles. The number of amides is 1. The summed E-state index contributed by atoms with van der Waals surface area (Å²) in [6.07, 6.45) is -0.407. The highest BCUT2D eigenvalue weighted by Crippen LogP contribution is 2.07. The van der Waals surface area contributed by atoms with E-state index in [9.17, 15) is 4.79 Å². The Morgan fingerprint density at radius 2 is 2.36 bits per heavy atom. The molecule has 1 amide bonds. The van der Waals surface area contributed by atoms with E-state index >= 15 is 0 Å². The fourth-order valence-corrected chi connectivity index (χ4v) is 1.03. The molecule has 0 saturated carbocycles. The number of nitrogens with two attached hydrogens (primary N) is 1. The molecule has 1 aromatic rings. The van der Waals surface area contributed by atoms with E-state index in [-0.39, 0.29) is 6.61 Å². The maximum atomic E-state index is 10.9. The third-order valence-electron chi connectivity index (χ3n) is 1.64. The number of carbonyl (C=O) groups is 1. The summed E-state index contributed by atoms with van der Waals surface area (Å²) in [5.41, 5.74) is 7.12. The number of carbonyl (C=O) groups excluding carboxylic acids is 1. The Bertz CT molecular complexity index is 313. The number of anilines is 1. The van der Waals surface area contributed by atoms with Crippen molar-refractivity contribution in [3.63, 3.8) is 0 Å². The predicted molar refractivity (Wildman–Crippen MR) is 54.7 cm³/mol. The molecule has 3 N–H and O–H groups in total. The lowest BCUT2D eigenvalue weighted by Crippen LogP contribution is -2.23. The molecule has 14 heavy (non-hydrogen) atoms. The van der Waals surface area contributed by atoms with Crippen molar-refractivity contribution in [2.24, 2.45) is 0 Å². The van der Waals surface area contributed by atoms with E-state index in [2.05, 4.69) is 5.32 Å². The van der Waals surface area contributed by atoms with Gasteiger partial charge in [-0.1, -0.05) is 12.1 Å². The molecule has 0 fully saturated rings. The van der Waals surface area contributed by atoms with E-state index < -0.39 is 6.09 Å². The summed E-state index contributed by atoms with van der Waals surface area (Å²) >= 11 is 0. The minimum absolute atomic E-state index is 0.247. The highest BCUT2D eigenvalue weighted by Gasteiger charge is 2.00. The van der Waals surface area contributed by atoms with Gasteiger partial charge >= 0.3 is 6.09 Å². The van der Waals surface area contributed by atoms with Crippen LogP contribution >= 0.6 is 0 Å². The predicted octanol–water partition coefficient (Wildman–Crippen LogP) is 1.51. The first kappa shape index (κ1) is 10.4. The minimum atomic E-state index is -0.407. The van der Waals surface area contributed by atoms with Crippen LogP contribution in [0, 0.1) is 0 Å². The van der Waals surface area contributed by atoms with E-state index in [1.807, 2.05) is 19.1 Å². The Hall–Kier alpha value is -1.71. The van der Waals surface area contributed by atoms with Gasteiger partial charge in [-0.25, -0.2) is 4.79 Å². The Morgan fingerprint density at radius 3 is 3.00 bits per heavy atom. The van der Waals surface area contributed by atoms with Gasteiger partial charge in [-0.15, -0.1) is 0 Å². The first-order chi connectivity index (χ1) is 6.72. The van der Waals surface area contributed by atoms with Gasteiger partial charge in [-0.05, 0) is 24.6 Å². The van der Waals surface area contributed by atoms with Gasteiger partial charge in [0.1, 0.15) is 6.61 Å². The number of nitrogens with one attached hydrogen (secondary N) is 1. The molecule has 4 nitrogen and oxygen atoms in total. The zero-order valence-corrected chi connectivity index (χ0v) is 8.12. The van der Waals surface area contributed by atoms with Crippen molar-refractivity contribution in [1.29, 1.82) is 0 Å². The lowest BCUT2D eigenvalue weighted by atomic mass is 10.2. The van der Waals surface area contributed by atoms with Gasteiger partial charge < -0.3 is 15.8 Å². The summed E-state index contributed by atoms with van der Waals surface area (Å²) in [6, 6.07) is 7.25. The molecule has 76 valence electrons. The quantitative estimate of drug-likeness (QED) is 0.717. The molecule has 0 aliphatic rings. The van der Waals surface area contributed by atoms with Crippen LogP contribution in [0.3, 0.4) is 0 Å². The van der Waals surface area contributed by atoms with E-state index in [4.69, 9.17) is 10.5 Å². The summed E-state index contributed by atoms with van der Waals surface area (Å²) in [4.78, 5) is 10.9. The van der Waals surface area contributed by atoms with Crippen LogP contribution in [0.4, 0.5) is 10.5 Å². The van der Waals surface area contributed by atoms with Gasteiger partial charge in [0.2, 0.25) is 0 Å². The van der Waals surface area contributed by atoms with Crippen molar-refractivity contribution in [3.8, 4) is 0 Å². The molecule has 4 heteroatoms. The molecule has 1 rings (SSSR count). The van der Waals surface area contributed by atoms with Crippen LogP contribution in [-0.4, -0.2) is 12.6 Å². The van der Waals surface area contributed by atoms with Gasteiger partial charge in [-0.3, -0.25) is 0 Å². The third-order valence-corrected chi connectivity index (χ3v) is 1.64. The fraction of sp³-hybridized carbons (Fsp3) is 0.300. The lowest BCUT2D eigenvalue weighted by molar-refractivity contribution is 0.140. The highest BCUT2D eigenvalue weighted by atomic mass is 16.5. The summed E-state index contributed by atoms with van der Waals surface area (Å²) in [5.74, 6) is 0. The average molecular weight is 194 g/mol. The highest BCUT2D eigenvalue weighted by molar-refractivity contribution is 5.67. The van der Waals surface area contributed by atoms with Crippen molar-refractivity contribution in [1.82, 2.24) is 5.32 Å². The monoisotopic (exact) mass is 194 g/mol. The molecule has 0 aromatic heterocycles. The zero-order valence-electron chi connectivity index (χ0n) is 8.12.